The van der Waals surface area contributed by atoms with Crippen LogP contribution in [0.4, 0.5) is 10.5 Å². The second-order valence-electron chi connectivity index (χ2n) is 5.60. The number of nitrogens with zero attached hydrogens (tertiary/aromatic N) is 1. The van der Waals surface area contributed by atoms with E-state index in [1.54, 1.807) is 30.3 Å². The number of benzene rings is 2. The van der Waals surface area contributed by atoms with Crippen LogP contribution >= 0.6 is 31.9 Å². The number of phenols is 1. The molecule has 0 spiro atoms. The average molecular weight is 480 g/mol. The minimum Gasteiger partial charge on any atom is -0.507 e. The molecular weight excluding hydrogens is 468 g/mol. The first-order valence-corrected chi connectivity index (χ1v) is 9.02. The van der Waals surface area contributed by atoms with Crippen molar-refractivity contribution in [3.8, 4) is 5.75 Å². The van der Waals surface area contributed by atoms with E-state index in [1.807, 2.05) is 6.92 Å². The highest BCUT2D eigenvalue weighted by Gasteiger charge is 2.36. The molecule has 0 bridgehead atoms. The van der Waals surface area contributed by atoms with Crippen LogP contribution in [0.2, 0.25) is 0 Å². The van der Waals surface area contributed by atoms with Crippen molar-refractivity contribution in [2.24, 2.45) is 0 Å². The number of amides is 4. The summed E-state index contributed by atoms with van der Waals surface area (Å²) < 4.78 is 1.26. The molecule has 26 heavy (non-hydrogen) atoms. The Morgan fingerprint density at radius 2 is 1.77 bits per heavy atom. The topological polar surface area (TPSA) is 86.7 Å². The molecule has 2 aromatic carbocycles. The predicted molar refractivity (Wildman–Crippen MR) is 104 cm³/mol. The molecule has 1 heterocycles. The van der Waals surface area contributed by atoms with E-state index in [0.29, 0.717) is 15.7 Å². The van der Waals surface area contributed by atoms with Gasteiger partial charge >= 0.3 is 6.03 Å². The van der Waals surface area contributed by atoms with Crippen LogP contribution in [0.5, 0.6) is 5.75 Å². The zero-order valence-corrected chi connectivity index (χ0v) is 16.6. The number of aryl methyl sites for hydroxylation is 1. The molecule has 0 saturated carbocycles. The minimum absolute atomic E-state index is 0.0358. The Morgan fingerprint density at radius 3 is 2.42 bits per heavy atom. The first-order valence-electron chi connectivity index (χ1n) is 7.44. The Bertz CT molecular complexity index is 985. The quantitative estimate of drug-likeness (QED) is 0.505. The van der Waals surface area contributed by atoms with E-state index in [4.69, 9.17) is 0 Å². The Labute approximate surface area is 165 Å². The zero-order chi connectivity index (χ0) is 19.0. The molecule has 0 atom stereocenters. The highest BCUT2D eigenvalue weighted by atomic mass is 79.9. The van der Waals surface area contributed by atoms with Crippen LogP contribution < -0.4 is 10.2 Å². The number of rotatable bonds is 2. The third-order valence-electron chi connectivity index (χ3n) is 3.78. The molecule has 0 unspecified atom stereocenters. The van der Waals surface area contributed by atoms with E-state index in [1.165, 1.54) is 12.1 Å². The zero-order valence-electron chi connectivity index (χ0n) is 13.4. The maximum Gasteiger partial charge on any atom is 0.335 e. The monoisotopic (exact) mass is 478 g/mol. The van der Waals surface area contributed by atoms with Gasteiger partial charge in [-0.05, 0) is 70.4 Å². The molecule has 1 aliphatic heterocycles. The summed E-state index contributed by atoms with van der Waals surface area (Å²) in [5.41, 5.74) is 1.55. The Kier molecular flexibility index (Phi) is 4.97. The number of nitrogens with one attached hydrogen (secondary N) is 1. The molecule has 0 aliphatic carbocycles. The van der Waals surface area contributed by atoms with Crippen molar-refractivity contribution in [1.82, 2.24) is 5.32 Å². The number of carbonyl (C=O) groups is 3. The third kappa shape index (κ3) is 3.42. The Balaban J connectivity index is 2.03. The van der Waals surface area contributed by atoms with Crippen molar-refractivity contribution in [1.29, 1.82) is 0 Å². The summed E-state index contributed by atoms with van der Waals surface area (Å²) in [6.45, 7) is 1.83. The van der Waals surface area contributed by atoms with Gasteiger partial charge in [-0.15, -0.1) is 0 Å². The van der Waals surface area contributed by atoms with Crippen LogP contribution in [0.15, 0.2) is 50.9 Å². The summed E-state index contributed by atoms with van der Waals surface area (Å²) in [6.07, 6.45) is 1.37. The molecule has 3 rings (SSSR count). The molecule has 2 aromatic rings. The van der Waals surface area contributed by atoms with Crippen LogP contribution in [0.3, 0.4) is 0 Å². The summed E-state index contributed by atoms with van der Waals surface area (Å²) >= 11 is 6.55. The van der Waals surface area contributed by atoms with Crippen molar-refractivity contribution >= 4 is 61.5 Å². The fourth-order valence-corrected chi connectivity index (χ4v) is 3.08. The van der Waals surface area contributed by atoms with Gasteiger partial charge in [0.05, 0.1) is 10.2 Å². The number of anilines is 1. The summed E-state index contributed by atoms with van der Waals surface area (Å²) in [6, 6.07) is 8.76. The van der Waals surface area contributed by atoms with Crippen LogP contribution in [-0.2, 0) is 9.59 Å². The summed E-state index contributed by atoms with van der Waals surface area (Å²) in [7, 11) is 0. The molecular formula is C18H12Br2N2O4. The molecule has 6 nitrogen and oxygen atoms in total. The predicted octanol–water partition coefficient (Wildman–Crippen LogP) is 3.89. The van der Waals surface area contributed by atoms with Crippen LogP contribution in [-0.4, -0.2) is 23.0 Å². The summed E-state index contributed by atoms with van der Waals surface area (Å²) in [4.78, 5) is 38.1. The highest BCUT2D eigenvalue weighted by Crippen LogP contribution is 2.28. The van der Waals surface area contributed by atoms with E-state index >= 15 is 0 Å². The number of urea groups is 1. The Hall–Kier alpha value is -2.45. The molecule has 4 amide bonds. The number of hydrogen-bond donors (Lipinski definition) is 2. The van der Waals surface area contributed by atoms with Gasteiger partial charge in [-0.3, -0.25) is 14.9 Å². The Morgan fingerprint density at radius 1 is 1.04 bits per heavy atom. The van der Waals surface area contributed by atoms with Crippen LogP contribution in [0.25, 0.3) is 6.08 Å². The first-order chi connectivity index (χ1) is 12.3. The maximum atomic E-state index is 12.8. The van der Waals surface area contributed by atoms with E-state index in [9.17, 15) is 19.5 Å². The van der Waals surface area contributed by atoms with Gasteiger partial charge in [-0.1, -0.05) is 22.0 Å². The molecule has 2 N–H and O–H groups in total. The van der Waals surface area contributed by atoms with Gasteiger partial charge in [-0.2, -0.15) is 0 Å². The lowest BCUT2D eigenvalue weighted by Crippen LogP contribution is -2.54. The molecule has 1 fully saturated rings. The number of carbonyl (C=O) groups excluding carboxylic acids is 3. The minimum atomic E-state index is -0.800. The van der Waals surface area contributed by atoms with Gasteiger partial charge in [0.25, 0.3) is 11.8 Å². The largest absolute Gasteiger partial charge is 0.507 e. The highest BCUT2D eigenvalue weighted by molar-refractivity contribution is 9.10. The van der Waals surface area contributed by atoms with Crippen molar-refractivity contribution in [3.63, 3.8) is 0 Å². The van der Waals surface area contributed by atoms with Crippen molar-refractivity contribution in [2.45, 2.75) is 6.92 Å². The van der Waals surface area contributed by atoms with Crippen LogP contribution in [0.1, 0.15) is 11.1 Å². The van der Waals surface area contributed by atoms with E-state index in [-0.39, 0.29) is 11.3 Å². The second-order valence-corrected chi connectivity index (χ2v) is 7.31. The van der Waals surface area contributed by atoms with Crippen molar-refractivity contribution < 1.29 is 19.5 Å². The molecule has 0 aromatic heterocycles. The lowest BCUT2D eigenvalue weighted by atomic mass is 10.1. The van der Waals surface area contributed by atoms with Crippen LogP contribution in [0, 0.1) is 6.92 Å². The second kappa shape index (κ2) is 7.05. The van der Waals surface area contributed by atoms with Gasteiger partial charge in [0, 0.05) is 4.47 Å². The molecule has 132 valence electrons. The lowest BCUT2D eigenvalue weighted by molar-refractivity contribution is -0.122. The number of hydrogen-bond acceptors (Lipinski definition) is 4. The van der Waals surface area contributed by atoms with E-state index in [2.05, 4.69) is 37.2 Å². The van der Waals surface area contributed by atoms with Gasteiger partial charge in [-0.25, -0.2) is 9.69 Å². The number of phenolic OH excluding ortho intramolecular Hbond substituents is 1. The SMILES string of the molecule is Cc1cc(N2C(=O)NC(=O)/C(=C\c3ccc(O)c(Br)c3)C2=O)ccc1Br. The number of barbiturate groups is 1. The summed E-state index contributed by atoms with van der Waals surface area (Å²) in [5.74, 6) is -1.45. The number of halogens is 2. The standard InChI is InChI=1S/C18H12Br2N2O4/c1-9-6-11(3-4-13(9)19)22-17(25)12(16(24)21-18(22)26)7-10-2-5-15(23)14(20)8-10/h2-8,23H,1H3,(H,21,24,26)/b12-7+. The first kappa shape index (κ1) is 18.3. The average Bonchev–Trinajstić information content (AvgIpc) is 2.57. The number of aromatic hydroxyl groups is 1. The normalized spacial score (nSPS) is 16.2. The van der Waals surface area contributed by atoms with Gasteiger partial charge in [0.1, 0.15) is 11.3 Å². The smallest absolute Gasteiger partial charge is 0.335 e. The molecule has 8 heteroatoms. The van der Waals surface area contributed by atoms with Crippen molar-refractivity contribution in [2.75, 3.05) is 4.90 Å². The van der Waals surface area contributed by atoms with Gasteiger partial charge in [0.2, 0.25) is 0 Å². The van der Waals surface area contributed by atoms with E-state index in [0.717, 1.165) is 14.9 Å². The van der Waals surface area contributed by atoms with E-state index < -0.39 is 17.8 Å². The number of imide groups is 2. The lowest BCUT2D eigenvalue weighted by Gasteiger charge is -2.26. The molecule has 0 radical (unpaired) electrons. The third-order valence-corrected chi connectivity index (χ3v) is 5.31. The van der Waals surface area contributed by atoms with Gasteiger partial charge < -0.3 is 5.11 Å². The maximum absolute atomic E-state index is 12.8. The fraction of sp³-hybridized carbons (Fsp3) is 0.0556. The summed E-state index contributed by atoms with van der Waals surface area (Å²) in [5, 5.41) is 11.7. The van der Waals surface area contributed by atoms with Gasteiger partial charge in [0.15, 0.2) is 0 Å². The van der Waals surface area contributed by atoms with Crippen molar-refractivity contribution in [3.05, 3.63) is 62.0 Å². The molecule has 1 saturated heterocycles. The fourth-order valence-electron chi connectivity index (χ4n) is 2.44. The molecule has 1 aliphatic rings.